The molecule has 0 saturated carbocycles. The molecule has 0 aromatic heterocycles. The molecule has 4 rings (SSSR count). The summed E-state index contributed by atoms with van der Waals surface area (Å²) in [5, 5.41) is 0.781. The van der Waals surface area contributed by atoms with E-state index in [1.165, 1.54) is 44.2 Å². The molecule has 2 heteroatoms. The van der Waals surface area contributed by atoms with Crippen LogP contribution in [0.3, 0.4) is 0 Å². The van der Waals surface area contributed by atoms with Crippen molar-refractivity contribution in [2.24, 2.45) is 0 Å². The van der Waals surface area contributed by atoms with E-state index in [9.17, 15) is 0 Å². The highest BCUT2D eigenvalue weighted by Crippen LogP contribution is 2.34. The van der Waals surface area contributed by atoms with Crippen molar-refractivity contribution in [2.75, 3.05) is 0 Å². The van der Waals surface area contributed by atoms with Gasteiger partial charge in [0.1, 0.15) is 0 Å². The van der Waals surface area contributed by atoms with Gasteiger partial charge < -0.3 is 0 Å². The molecule has 1 heterocycles. The van der Waals surface area contributed by atoms with Gasteiger partial charge in [0, 0.05) is 5.02 Å². The smallest absolute Gasteiger partial charge is 0.0843 e. The van der Waals surface area contributed by atoms with E-state index >= 15 is 0 Å². The zero-order valence-corrected chi connectivity index (χ0v) is 23.1. The van der Waals surface area contributed by atoms with Crippen LogP contribution in [0, 0.1) is 0 Å². The van der Waals surface area contributed by atoms with Gasteiger partial charge in [0.05, 0.1) is 0 Å². The minimum Gasteiger partial charge on any atom is -0.0843 e. The van der Waals surface area contributed by atoms with E-state index in [1.54, 1.807) is 0 Å². The molecular formula is C32H38BCl. The first-order valence-electron chi connectivity index (χ1n) is 12.4. The summed E-state index contributed by atoms with van der Waals surface area (Å²) in [4.78, 5) is 0. The predicted molar refractivity (Wildman–Crippen MR) is 154 cm³/mol. The Labute approximate surface area is 212 Å². The summed E-state index contributed by atoms with van der Waals surface area (Å²) in [5.74, 6) is 0. The Hall–Kier alpha value is -2.25. The Balaban J connectivity index is 2.19. The predicted octanol–water partition coefficient (Wildman–Crippen LogP) is 7.23. The standard InChI is InChI=1S/C32H38BCl/c1-30(2,3)23-19-25(31(4,5)6)29(26(20-23)32(7,8)9)33-27-13-11-10-12-21(27)14-15-22-18-24(34)16-17-28(22)33/h10-20H,1-9H3. The fourth-order valence-electron chi connectivity index (χ4n) is 5.17. The Kier molecular flexibility index (Phi) is 6.18. The van der Waals surface area contributed by atoms with E-state index < -0.39 is 0 Å². The highest BCUT2D eigenvalue weighted by atomic mass is 35.5. The summed E-state index contributed by atoms with van der Waals surface area (Å²) in [6.07, 6.45) is 4.48. The van der Waals surface area contributed by atoms with Crippen LogP contribution in [0.15, 0.2) is 54.6 Å². The maximum absolute atomic E-state index is 6.48. The van der Waals surface area contributed by atoms with Crippen LogP contribution in [0.5, 0.6) is 0 Å². The van der Waals surface area contributed by atoms with Gasteiger partial charge in [-0.2, -0.15) is 0 Å². The lowest BCUT2D eigenvalue weighted by Crippen LogP contribution is -2.58. The zero-order valence-electron chi connectivity index (χ0n) is 22.3. The summed E-state index contributed by atoms with van der Waals surface area (Å²) in [6.45, 7) is 21.2. The summed E-state index contributed by atoms with van der Waals surface area (Å²) in [7, 11) is 0. The van der Waals surface area contributed by atoms with E-state index in [1.807, 2.05) is 6.07 Å². The van der Waals surface area contributed by atoms with E-state index in [4.69, 9.17) is 11.6 Å². The summed E-state index contributed by atoms with van der Waals surface area (Å²) in [5.41, 5.74) is 11.0. The largest absolute Gasteiger partial charge is 0.243 e. The highest BCUT2D eigenvalue weighted by molar-refractivity contribution is 6.97. The molecule has 0 saturated heterocycles. The Morgan fingerprint density at radius 2 is 1.12 bits per heavy atom. The highest BCUT2D eigenvalue weighted by Gasteiger charge is 2.37. The average Bonchev–Trinajstić information content (AvgIpc) is 2.87. The van der Waals surface area contributed by atoms with Crippen LogP contribution in [0.2, 0.25) is 5.02 Å². The topological polar surface area (TPSA) is 0 Å². The van der Waals surface area contributed by atoms with E-state index in [-0.39, 0.29) is 23.0 Å². The molecule has 0 unspecified atom stereocenters. The fraction of sp³-hybridized carbons (Fsp3) is 0.375. The molecule has 1 aliphatic rings. The Morgan fingerprint density at radius 3 is 1.68 bits per heavy atom. The molecule has 3 aromatic carbocycles. The van der Waals surface area contributed by atoms with Crippen LogP contribution < -0.4 is 16.4 Å². The third kappa shape index (κ3) is 4.65. The first kappa shape index (κ1) is 24.9. The summed E-state index contributed by atoms with van der Waals surface area (Å²) >= 11 is 6.48. The molecule has 34 heavy (non-hydrogen) atoms. The second-order valence-corrected chi connectivity index (χ2v) is 13.3. The normalized spacial score (nSPS) is 14.0. The molecule has 0 radical (unpaired) electrons. The van der Waals surface area contributed by atoms with Gasteiger partial charge >= 0.3 is 0 Å². The lowest BCUT2D eigenvalue weighted by molar-refractivity contribution is 0.553. The number of hydrogen-bond acceptors (Lipinski definition) is 0. The van der Waals surface area contributed by atoms with E-state index in [0.29, 0.717) is 0 Å². The second kappa shape index (κ2) is 8.45. The minimum absolute atomic E-state index is 0.00212. The first-order chi connectivity index (χ1) is 15.7. The van der Waals surface area contributed by atoms with Crippen LogP contribution in [0.1, 0.15) is 90.1 Å². The van der Waals surface area contributed by atoms with Crippen molar-refractivity contribution in [3.63, 3.8) is 0 Å². The second-order valence-electron chi connectivity index (χ2n) is 12.9. The van der Waals surface area contributed by atoms with Gasteiger partial charge in [0.2, 0.25) is 6.71 Å². The van der Waals surface area contributed by atoms with E-state index in [0.717, 1.165) is 5.02 Å². The van der Waals surface area contributed by atoms with Crippen LogP contribution >= 0.6 is 11.6 Å². The van der Waals surface area contributed by atoms with Crippen molar-refractivity contribution in [1.29, 1.82) is 0 Å². The monoisotopic (exact) mass is 468 g/mol. The number of rotatable bonds is 1. The Morgan fingerprint density at radius 1 is 0.588 bits per heavy atom. The summed E-state index contributed by atoms with van der Waals surface area (Å²) < 4.78 is 0. The number of fused-ring (bicyclic) bond motifs is 2. The van der Waals surface area contributed by atoms with Crippen LogP contribution in [-0.4, -0.2) is 6.71 Å². The van der Waals surface area contributed by atoms with Gasteiger partial charge in [-0.15, -0.1) is 0 Å². The van der Waals surface area contributed by atoms with Gasteiger partial charge in [0.25, 0.3) is 0 Å². The zero-order chi connectivity index (χ0) is 25.1. The molecule has 0 bridgehead atoms. The molecule has 0 amide bonds. The fourth-order valence-corrected chi connectivity index (χ4v) is 5.36. The average molecular weight is 469 g/mol. The molecule has 0 fully saturated rings. The van der Waals surface area contributed by atoms with Crippen LogP contribution in [0.4, 0.5) is 0 Å². The lowest BCUT2D eigenvalue weighted by atomic mass is 9.33. The molecule has 0 spiro atoms. The van der Waals surface area contributed by atoms with Gasteiger partial charge in [-0.25, -0.2) is 0 Å². The molecule has 0 N–H and O–H groups in total. The van der Waals surface area contributed by atoms with Crippen molar-refractivity contribution in [2.45, 2.75) is 78.6 Å². The molecule has 0 aliphatic carbocycles. The number of halogens is 1. The molecule has 176 valence electrons. The lowest BCUT2D eigenvalue weighted by Gasteiger charge is -2.36. The molecule has 3 aromatic rings. The third-order valence-electron chi connectivity index (χ3n) is 7.06. The number of hydrogen-bond donors (Lipinski definition) is 0. The molecule has 1 aliphatic heterocycles. The van der Waals surface area contributed by atoms with Gasteiger partial charge in [-0.3, -0.25) is 0 Å². The van der Waals surface area contributed by atoms with Crippen molar-refractivity contribution >= 4 is 46.9 Å². The quantitative estimate of drug-likeness (QED) is 0.258. The van der Waals surface area contributed by atoms with Gasteiger partial charge in [-0.05, 0) is 56.2 Å². The third-order valence-corrected chi connectivity index (χ3v) is 7.30. The summed E-state index contributed by atoms with van der Waals surface area (Å²) in [6, 6.07) is 20.2. The SMILES string of the molecule is CC(C)(C)c1cc(C(C)(C)C)c(B2c3ccccc3C=Cc3cc(Cl)ccc32)c(C(C)(C)C)c1. The van der Waals surface area contributed by atoms with Crippen molar-refractivity contribution < 1.29 is 0 Å². The van der Waals surface area contributed by atoms with Crippen molar-refractivity contribution in [1.82, 2.24) is 0 Å². The maximum atomic E-state index is 6.48. The first-order valence-corrected chi connectivity index (χ1v) is 12.8. The van der Waals surface area contributed by atoms with Crippen molar-refractivity contribution in [3.8, 4) is 0 Å². The molecule has 0 atom stereocenters. The van der Waals surface area contributed by atoms with Crippen LogP contribution in [-0.2, 0) is 16.2 Å². The van der Waals surface area contributed by atoms with E-state index in [2.05, 4.69) is 123 Å². The maximum Gasteiger partial charge on any atom is 0.243 e. The van der Waals surface area contributed by atoms with Crippen LogP contribution in [0.25, 0.3) is 12.2 Å². The van der Waals surface area contributed by atoms with Crippen molar-refractivity contribution in [3.05, 3.63) is 87.4 Å². The molecule has 0 nitrogen and oxygen atoms in total. The number of benzene rings is 3. The van der Waals surface area contributed by atoms with Gasteiger partial charge in [-0.1, -0.05) is 145 Å². The molecular weight excluding hydrogens is 431 g/mol. The minimum atomic E-state index is -0.00212. The Bertz CT molecular complexity index is 1220. The van der Waals surface area contributed by atoms with Gasteiger partial charge in [0.15, 0.2) is 0 Å².